The molecule has 1 aromatic carbocycles. The zero-order chi connectivity index (χ0) is 15.7. The van der Waals surface area contributed by atoms with Crippen LogP contribution in [0.1, 0.15) is 44.3 Å². The molecule has 2 heterocycles. The van der Waals surface area contributed by atoms with Crippen molar-refractivity contribution in [2.75, 3.05) is 20.2 Å². The first-order valence-corrected chi connectivity index (χ1v) is 8.52. The van der Waals surface area contributed by atoms with E-state index < -0.39 is 0 Å². The van der Waals surface area contributed by atoms with E-state index >= 15 is 0 Å². The van der Waals surface area contributed by atoms with E-state index in [0.29, 0.717) is 0 Å². The maximum absolute atomic E-state index is 5.25. The van der Waals surface area contributed by atoms with Crippen LogP contribution in [-0.4, -0.2) is 45.3 Å². The molecule has 0 amide bonds. The van der Waals surface area contributed by atoms with Crippen LogP contribution in [0.15, 0.2) is 24.3 Å². The van der Waals surface area contributed by atoms with E-state index in [2.05, 4.69) is 20.4 Å². The van der Waals surface area contributed by atoms with Gasteiger partial charge in [0.25, 0.3) is 0 Å². The van der Waals surface area contributed by atoms with Crippen LogP contribution >= 0.6 is 0 Å². The summed E-state index contributed by atoms with van der Waals surface area (Å²) in [5.74, 6) is 1.85. The van der Waals surface area contributed by atoms with E-state index in [1.165, 1.54) is 25.7 Å². The Hall–Kier alpha value is -1.95. The fourth-order valence-electron chi connectivity index (χ4n) is 4.16. The minimum atomic E-state index is 0.0138. The van der Waals surface area contributed by atoms with Crippen LogP contribution in [0.25, 0.3) is 5.69 Å². The van der Waals surface area contributed by atoms with Gasteiger partial charge in [-0.25, -0.2) is 0 Å². The summed E-state index contributed by atoms with van der Waals surface area (Å²) in [6, 6.07) is 7.95. The second-order valence-electron chi connectivity index (χ2n) is 6.55. The maximum Gasteiger partial charge on any atom is 0.176 e. The summed E-state index contributed by atoms with van der Waals surface area (Å²) >= 11 is 0. The van der Waals surface area contributed by atoms with E-state index in [0.717, 1.165) is 43.2 Å². The largest absolute Gasteiger partial charge is 0.497 e. The lowest BCUT2D eigenvalue weighted by Crippen LogP contribution is -2.44. The molecule has 2 aliphatic rings. The lowest BCUT2D eigenvalue weighted by Gasteiger charge is -2.37. The highest BCUT2D eigenvalue weighted by Gasteiger charge is 2.46. The Morgan fingerprint density at radius 2 is 1.70 bits per heavy atom. The number of nitrogens with zero attached hydrogens (tertiary/aromatic N) is 5. The zero-order valence-electron chi connectivity index (χ0n) is 13.6. The molecule has 6 nitrogen and oxygen atoms in total. The molecule has 1 saturated heterocycles. The second-order valence-corrected chi connectivity index (χ2v) is 6.55. The molecular weight excluding hydrogens is 290 g/mol. The Kier molecular flexibility index (Phi) is 3.77. The Morgan fingerprint density at radius 1 is 1.00 bits per heavy atom. The van der Waals surface area contributed by atoms with Crippen LogP contribution in [0.5, 0.6) is 5.75 Å². The van der Waals surface area contributed by atoms with Gasteiger partial charge in [0.1, 0.15) is 5.75 Å². The molecule has 1 aliphatic carbocycles. The molecule has 6 heteroatoms. The third-order valence-corrected chi connectivity index (χ3v) is 5.34. The zero-order valence-corrected chi connectivity index (χ0v) is 13.6. The van der Waals surface area contributed by atoms with Crippen molar-refractivity contribution in [2.24, 2.45) is 0 Å². The van der Waals surface area contributed by atoms with E-state index in [-0.39, 0.29) is 5.54 Å². The first-order chi connectivity index (χ1) is 11.3. The van der Waals surface area contributed by atoms with E-state index in [1.54, 1.807) is 7.11 Å². The number of hydrogen-bond acceptors (Lipinski definition) is 5. The lowest BCUT2D eigenvalue weighted by molar-refractivity contribution is 0.109. The Morgan fingerprint density at radius 3 is 2.35 bits per heavy atom. The average molecular weight is 313 g/mol. The van der Waals surface area contributed by atoms with Gasteiger partial charge in [0.2, 0.25) is 0 Å². The standard InChI is InChI=1S/C17H23N5O/c1-23-15-8-6-14(7-9-15)22-16(18-19-20-22)17(10-2-3-11-17)21-12-4-5-13-21/h6-9H,2-5,10-13H2,1H3. The van der Waals surface area contributed by atoms with Crippen molar-refractivity contribution in [1.82, 2.24) is 25.1 Å². The number of ether oxygens (including phenoxy) is 1. The van der Waals surface area contributed by atoms with Gasteiger partial charge in [-0.15, -0.1) is 5.10 Å². The van der Waals surface area contributed by atoms with E-state index in [1.807, 2.05) is 28.9 Å². The minimum Gasteiger partial charge on any atom is -0.497 e. The molecule has 2 aromatic rings. The minimum absolute atomic E-state index is 0.0138. The molecule has 0 radical (unpaired) electrons. The first kappa shape index (κ1) is 14.6. The fourth-order valence-corrected chi connectivity index (χ4v) is 4.16. The number of rotatable bonds is 4. The quantitative estimate of drug-likeness (QED) is 0.868. The van der Waals surface area contributed by atoms with Gasteiger partial charge < -0.3 is 4.74 Å². The van der Waals surface area contributed by atoms with Crippen molar-refractivity contribution in [2.45, 2.75) is 44.1 Å². The van der Waals surface area contributed by atoms with Gasteiger partial charge in [-0.2, -0.15) is 4.68 Å². The molecule has 23 heavy (non-hydrogen) atoms. The van der Waals surface area contributed by atoms with Crippen molar-refractivity contribution in [3.05, 3.63) is 30.1 Å². The summed E-state index contributed by atoms with van der Waals surface area (Å²) in [5, 5.41) is 12.8. The highest BCUT2D eigenvalue weighted by Crippen LogP contribution is 2.44. The van der Waals surface area contributed by atoms with Crippen LogP contribution < -0.4 is 4.74 Å². The van der Waals surface area contributed by atoms with Gasteiger partial charge in [-0.3, -0.25) is 4.90 Å². The van der Waals surface area contributed by atoms with Crippen LogP contribution in [0.4, 0.5) is 0 Å². The highest BCUT2D eigenvalue weighted by molar-refractivity contribution is 5.37. The highest BCUT2D eigenvalue weighted by atomic mass is 16.5. The lowest BCUT2D eigenvalue weighted by atomic mass is 9.94. The summed E-state index contributed by atoms with van der Waals surface area (Å²) in [7, 11) is 1.68. The molecule has 0 spiro atoms. The first-order valence-electron chi connectivity index (χ1n) is 8.52. The number of benzene rings is 1. The molecular formula is C17H23N5O. The average Bonchev–Trinajstić information content (AvgIpc) is 3.35. The molecule has 0 bridgehead atoms. The Bertz CT molecular complexity index is 654. The van der Waals surface area contributed by atoms with Crippen molar-refractivity contribution >= 4 is 0 Å². The van der Waals surface area contributed by atoms with Crippen molar-refractivity contribution in [3.63, 3.8) is 0 Å². The number of methoxy groups -OCH3 is 1. The Labute approximate surface area is 136 Å². The van der Waals surface area contributed by atoms with Gasteiger partial charge >= 0.3 is 0 Å². The summed E-state index contributed by atoms with van der Waals surface area (Å²) in [5.41, 5.74) is 1.01. The molecule has 0 N–H and O–H groups in total. The van der Waals surface area contributed by atoms with E-state index in [4.69, 9.17) is 4.74 Å². The van der Waals surface area contributed by atoms with Gasteiger partial charge in [-0.1, -0.05) is 12.8 Å². The summed E-state index contributed by atoms with van der Waals surface area (Å²) < 4.78 is 7.17. The predicted octanol–water partition coefficient (Wildman–Crippen LogP) is 2.54. The smallest absolute Gasteiger partial charge is 0.176 e. The van der Waals surface area contributed by atoms with Crippen molar-refractivity contribution in [3.8, 4) is 11.4 Å². The number of aromatic nitrogens is 4. The summed E-state index contributed by atoms with van der Waals surface area (Å²) in [4.78, 5) is 2.62. The summed E-state index contributed by atoms with van der Waals surface area (Å²) in [6.07, 6.45) is 7.39. The predicted molar refractivity (Wildman–Crippen MR) is 86.7 cm³/mol. The molecule has 1 aromatic heterocycles. The number of tetrazole rings is 1. The fraction of sp³-hybridized carbons (Fsp3) is 0.588. The number of likely N-dealkylation sites (tertiary alicyclic amines) is 1. The molecule has 0 atom stereocenters. The van der Waals surface area contributed by atoms with Gasteiger partial charge in [0.15, 0.2) is 5.82 Å². The van der Waals surface area contributed by atoms with Crippen LogP contribution in [-0.2, 0) is 5.54 Å². The monoisotopic (exact) mass is 313 g/mol. The number of hydrogen-bond donors (Lipinski definition) is 0. The maximum atomic E-state index is 5.25. The van der Waals surface area contributed by atoms with Gasteiger partial charge in [0, 0.05) is 0 Å². The van der Waals surface area contributed by atoms with Crippen molar-refractivity contribution in [1.29, 1.82) is 0 Å². The summed E-state index contributed by atoms with van der Waals surface area (Å²) in [6.45, 7) is 2.32. The molecule has 0 unspecified atom stereocenters. The molecule has 4 rings (SSSR count). The van der Waals surface area contributed by atoms with Gasteiger partial charge in [-0.05, 0) is 73.5 Å². The Balaban J connectivity index is 1.74. The second kappa shape index (κ2) is 5.92. The van der Waals surface area contributed by atoms with Gasteiger partial charge in [0.05, 0.1) is 18.3 Å². The molecule has 2 fully saturated rings. The van der Waals surface area contributed by atoms with E-state index in [9.17, 15) is 0 Å². The topological polar surface area (TPSA) is 56.1 Å². The normalized spacial score (nSPS) is 20.9. The third kappa shape index (κ3) is 2.41. The molecule has 1 saturated carbocycles. The molecule has 1 aliphatic heterocycles. The SMILES string of the molecule is COc1ccc(-n2nnnc2C2(N3CCCC3)CCCC2)cc1. The van der Waals surface area contributed by atoms with Crippen LogP contribution in [0, 0.1) is 0 Å². The van der Waals surface area contributed by atoms with Crippen LogP contribution in [0.3, 0.4) is 0 Å². The molecule has 122 valence electrons. The van der Waals surface area contributed by atoms with Crippen LogP contribution in [0.2, 0.25) is 0 Å². The third-order valence-electron chi connectivity index (χ3n) is 5.34. The van der Waals surface area contributed by atoms with Crippen molar-refractivity contribution < 1.29 is 4.74 Å².